The second kappa shape index (κ2) is 8.15. The molecule has 4 heteroatoms. The van der Waals surface area contributed by atoms with Crippen molar-refractivity contribution in [1.82, 2.24) is 5.43 Å². The molecule has 4 rings (SSSR count). The molecule has 1 aliphatic carbocycles. The van der Waals surface area contributed by atoms with E-state index in [2.05, 4.69) is 72.9 Å². The van der Waals surface area contributed by atoms with Crippen LogP contribution in [0.5, 0.6) is 5.75 Å². The summed E-state index contributed by atoms with van der Waals surface area (Å²) >= 11 is 0. The summed E-state index contributed by atoms with van der Waals surface area (Å²) in [7, 11) is 1.63. The zero-order chi connectivity index (χ0) is 21.1. The molecule has 0 bridgehead atoms. The second-order valence-electron chi connectivity index (χ2n) is 7.97. The molecule has 0 radical (unpaired) electrons. The number of aryl methyl sites for hydroxylation is 2. The third-order valence-electron chi connectivity index (χ3n) is 5.85. The molecule has 4 nitrogen and oxygen atoms in total. The van der Waals surface area contributed by atoms with Gasteiger partial charge in [-0.2, -0.15) is 5.10 Å². The van der Waals surface area contributed by atoms with Crippen LogP contribution < -0.4 is 10.2 Å². The number of hydrogen-bond donors (Lipinski definition) is 1. The molecule has 3 aromatic rings. The van der Waals surface area contributed by atoms with Crippen LogP contribution in [0, 0.1) is 19.8 Å². The summed E-state index contributed by atoms with van der Waals surface area (Å²) in [5.74, 6) is 0.590. The van der Waals surface area contributed by atoms with Gasteiger partial charge in [-0.1, -0.05) is 59.7 Å². The van der Waals surface area contributed by atoms with Crippen molar-refractivity contribution in [3.63, 3.8) is 0 Å². The Bertz CT molecular complexity index is 1040. The number of nitrogens with one attached hydrogen (secondary N) is 1. The fourth-order valence-electron chi connectivity index (χ4n) is 4.17. The largest absolute Gasteiger partial charge is 0.497 e. The molecule has 1 fully saturated rings. The lowest BCUT2D eigenvalue weighted by molar-refractivity contribution is -0.122. The number of amides is 1. The Hall–Kier alpha value is -3.40. The molecule has 1 N–H and O–H groups in total. The monoisotopic (exact) mass is 398 g/mol. The summed E-state index contributed by atoms with van der Waals surface area (Å²) in [6.07, 6.45) is 2.44. The summed E-state index contributed by atoms with van der Waals surface area (Å²) in [6, 6.07) is 24.5. The first kappa shape index (κ1) is 19.9. The number of hydrazone groups is 1. The Morgan fingerprint density at radius 1 is 1.00 bits per heavy atom. The molecule has 152 valence electrons. The van der Waals surface area contributed by atoms with Crippen LogP contribution in [-0.2, 0) is 10.2 Å². The van der Waals surface area contributed by atoms with Crippen molar-refractivity contribution in [3.05, 3.63) is 101 Å². The number of benzene rings is 3. The van der Waals surface area contributed by atoms with Gasteiger partial charge in [-0.25, -0.2) is 5.43 Å². The molecule has 0 unspecified atom stereocenters. The Morgan fingerprint density at radius 2 is 1.60 bits per heavy atom. The third-order valence-corrected chi connectivity index (χ3v) is 5.85. The lowest BCUT2D eigenvalue weighted by atomic mass is 9.84. The van der Waals surface area contributed by atoms with Crippen LogP contribution in [-0.4, -0.2) is 19.2 Å². The molecule has 1 aliphatic rings. The van der Waals surface area contributed by atoms with Crippen LogP contribution in [0.1, 0.15) is 34.2 Å². The molecule has 0 saturated heterocycles. The number of methoxy groups -OCH3 is 1. The van der Waals surface area contributed by atoms with Crippen LogP contribution in [0.15, 0.2) is 77.9 Å². The van der Waals surface area contributed by atoms with E-state index in [9.17, 15) is 4.79 Å². The first-order valence-electron chi connectivity index (χ1n) is 10.1. The number of ether oxygens (including phenoxy) is 1. The van der Waals surface area contributed by atoms with E-state index in [0.717, 1.165) is 17.7 Å². The fraction of sp³-hybridized carbons (Fsp3) is 0.231. The van der Waals surface area contributed by atoms with E-state index in [1.54, 1.807) is 13.3 Å². The Morgan fingerprint density at radius 3 is 2.13 bits per heavy atom. The van der Waals surface area contributed by atoms with Crippen molar-refractivity contribution >= 4 is 12.1 Å². The fourth-order valence-corrected chi connectivity index (χ4v) is 4.17. The average Bonchev–Trinajstić information content (AvgIpc) is 3.51. The highest BCUT2D eigenvalue weighted by molar-refractivity contribution is 5.87. The maximum Gasteiger partial charge on any atom is 0.244 e. The molecule has 1 saturated carbocycles. The van der Waals surface area contributed by atoms with E-state index in [4.69, 9.17) is 4.74 Å². The third kappa shape index (κ3) is 3.86. The van der Waals surface area contributed by atoms with Gasteiger partial charge >= 0.3 is 0 Å². The Kier molecular flexibility index (Phi) is 5.40. The van der Waals surface area contributed by atoms with Crippen molar-refractivity contribution in [2.75, 3.05) is 7.11 Å². The van der Waals surface area contributed by atoms with E-state index < -0.39 is 0 Å². The number of carbonyl (C=O) groups is 1. The van der Waals surface area contributed by atoms with Crippen molar-refractivity contribution < 1.29 is 9.53 Å². The van der Waals surface area contributed by atoms with Gasteiger partial charge in [0.2, 0.25) is 5.91 Å². The maximum atomic E-state index is 13.0. The Balaban J connectivity index is 1.55. The lowest BCUT2D eigenvalue weighted by Gasteiger charge is -2.19. The smallest absolute Gasteiger partial charge is 0.244 e. The van der Waals surface area contributed by atoms with Gasteiger partial charge in [-0.15, -0.1) is 0 Å². The summed E-state index contributed by atoms with van der Waals surface area (Å²) in [6.45, 7) is 4.17. The number of rotatable bonds is 6. The Labute approximate surface area is 177 Å². The molecule has 0 aliphatic heterocycles. The highest BCUT2D eigenvalue weighted by atomic mass is 16.5. The van der Waals surface area contributed by atoms with Crippen LogP contribution in [0.3, 0.4) is 0 Å². The lowest BCUT2D eigenvalue weighted by Crippen LogP contribution is -2.25. The van der Waals surface area contributed by atoms with Gasteiger partial charge in [0.25, 0.3) is 0 Å². The first-order valence-corrected chi connectivity index (χ1v) is 10.1. The molecule has 0 aromatic heterocycles. The molecule has 1 atom stereocenters. The molecule has 1 amide bonds. The first-order chi connectivity index (χ1) is 14.5. The van der Waals surface area contributed by atoms with Crippen molar-refractivity contribution in [1.29, 1.82) is 0 Å². The van der Waals surface area contributed by atoms with Crippen LogP contribution in [0.25, 0.3) is 0 Å². The molecule has 0 heterocycles. The van der Waals surface area contributed by atoms with Crippen molar-refractivity contribution in [3.8, 4) is 5.75 Å². The van der Waals surface area contributed by atoms with Crippen molar-refractivity contribution in [2.45, 2.75) is 25.7 Å². The van der Waals surface area contributed by atoms with Gasteiger partial charge in [0, 0.05) is 5.41 Å². The standard InChI is InChI=1S/C26H26N2O2/c1-18-6-4-8-21(14-18)26(22-9-5-7-19(2)15-22)16-24(26)25(29)28-27-17-20-10-12-23(30-3)13-11-20/h4-15,17,24H,16H2,1-3H3,(H,28,29)/b27-17+/t24-/m1/s1. The molecule has 3 aromatic carbocycles. The summed E-state index contributed by atoms with van der Waals surface area (Å²) < 4.78 is 5.16. The van der Waals surface area contributed by atoms with Crippen LogP contribution in [0.4, 0.5) is 0 Å². The maximum absolute atomic E-state index is 13.0. The highest BCUT2D eigenvalue weighted by Gasteiger charge is 2.60. The topological polar surface area (TPSA) is 50.7 Å². The second-order valence-corrected chi connectivity index (χ2v) is 7.97. The van der Waals surface area contributed by atoms with E-state index >= 15 is 0 Å². The van der Waals surface area contributed by atoms with Gasteiger partial charge in [-0.05, 0) is 61.2 Å². The minimum absolute atomic E-state index is 0.0530. The zero-order valence-corrected chi connectivity index (χ0v) is 17.6. The summed E-state index contributed by atoms with van der Waals surface area (Å²) in [5, 5.41) is 4.18. The van der Waals surface area contributed by atoms with Gasteiger partial charge in [0.1, 0.15) is 5.75 Å². The number of carbonyl (C=O) groups excluding carboxylic acids is 1. The van der Waals surface area contributed by atoms with E-state index in [0.29, 0.717) is 0 Å². The van der Waals surface area contributed by atoms with Gasteiger partial charge in [0.15, 0.2) is 0 Å². The quantitative estimate of drug-likeness (QED) is 0.480. The minimum Gasteiger partial charge on any atom is -0.497 e. The molecule has 30 heavy (non-hydrogen) atoms. The van der Waals surface area contributed by atoms with Crippen LogP contribution >= 0.6 is 0 Å². The highest BCUT2D eigenvalue weighted by Crippen LogP contribution is 2.59. The minimum atomic E-state index is -0.294. The summed E-state index contributed by atoms with van der Waals surface area (Å²) in [4.78, 5) is 13.0. The number of nitrogens with zero attached hydrogens (tertiary/aromatic N) is 1. The van der Waals surface area contributed by atoms with Gasteiger partial charge < -0.3 is 4.74 Å². The van der Waals surface area contributed by atoms with E-state index in [1.165, 1.54) is 22.3 Å². The van der Waals surface area contributed by atoms with Crippen LogP contribution in [0.2, 0.25) is 0 Å². The van der Waals surface area contributed by atoms with Gasteiger partial charge in [0.05, 0.1) is 19.2 Å². The normalized spacial score (nSPS) is 17.0. The predicted molar refractivity (Wildman–Crippen MR) is 120 cm³/mol. The zero-order valence-electron chi connectivity index (χ0n) is 17.6. The number of hydrogen-bond acceptors (Lipinski definition) is 3. The molecule has 0 spiro atoms. The van der Waals surface area contributed by atoms with E-state index in [1.807, 2.05) is 24.3 Å². The molecular weight excluding hydrogens is 372 g/mol. The summed E-state index contributed by atoms with van der Waals surface area (Å²) in [5.41, 5.74) is 8.12. The average molecular weight is 399 g/mol. The van der Waals surface area contributed by atoms with E-state index in [-0.39, 0.29) is 17.2 Å². The molecular formula is C26H26N2O2. The van der Waals surface area contributed by atoms with Gasteiger partial charge in [-0.3, -0.25) is 4.79 Å². The predicted octanol–water partition coefficient (Wildman–Crippen LogP) is 4.77. The van der Waals surface area contributed by atoms with Crippen molar-refractivity contribution in [2.24, 2.45) is 11.0 Å². The SMILES string of the molecule is COc1ccc(/C=N/NC(=O)[C@H]2CC2(c2cccc(C)c2)c2cccc(C)c2)cc1.